The predicted octanol–water partition coefficient (Wildman–Crippen LogP) is 3.30. The minimum Gasteiger partial charge on any atom is -0.362 e. The van der Waals surface area contributed by atoms with E-state index in [2.05, 4.69) is 37.2 Å². The average molecular weight is 456 g/mol. The molecule has 0 spiro atoms. The van der Waals surface area contributed by atoms with Crippen LogP contribution in [0.1, 0.15) is 27.2 Å². The van der Waals surface area contributed by atoms with Gasteiger partial charge in [-0.25, -0.2) is 9.97 Å². The number of piperazine rings is 1. The maximum Gasteiger partial charge on any atom is 0.259 e. The fourth-order valence-electron chi connectivity index (χ4n) is 4.04. The molecule has 8 heteroatoms. The third kappa shape index (κ3) is 5.50. The Morgan fingerprint density at radius 3 is 2.59 bits per heavy atom. The van der Waals surface area contributed by atoms with Gasteiger partial charge in [0, 0.05) is 52.5 Å². The van der Waals surface area contributed by atoms with Crippen molar-refractivity contribution in [2.75, 3.05) is 55.4 Å². The molecule has 1 aliphatic heterocycles. The van der Waals surface area contributed by atoms with Crippen LogP contribution in [-0.2, 0) is 6.54 Å². The summed E-state index contributed by atoms with van der Waals surface area (Å²) in [7, 11) is 3.75. The lowest BCUT2D eigenvalue weighted by Gasteiger charge is -2.35. The van der Waals surface area contributed by atoms with Crippen molar-refractivity contribution in [2.24, 2.45) is 0 Å². The number of pyridine rings is 2. The van der Waals surface area contributed by atoms with Gasteiger partial charge in [0.1, 0.15) is 11.6 Å². The Morgan fingerprint density at radius 1 is 1.12 bits per heavy atom. The van der Waals surface area contributed by atoms with Gasteiger partial charge in [0.2, 0.25) is 0 Å². The lowest BCUT2D eigenvalue weighted by Crippen LogP contribution is -2.46. The molecule has 174 valence electrons. The molecule has 0 aliphatic carbocycles. The van der Waals surface area contributed by atoms with E-state index < -0.39 is 0 Å². The van der Waals surface area contributed by atoms with Crippen molar-refractivity contribution in [1.82, 2.24) is 14.9 Å². The highest BCUT2D eigenvalue weighted by Crippen LogP contribution is 2.20. The lowest BCUT2D eigenvalue weighted by molar-refractivity contribution is 0.102. The number of anilines is 3. The zero-order chi connectivity index (χ0) is 24.1. The highest BCUT2D eigenvalue weighted by atomic mass is 16.1. The fraction of sp³-hybridized carbons (Fsp3) is 0.308. The number of carbonyl (C=O) groups excluding carboxylic acids is 1. The summed E-state index contributed by atoms with van der Waals surface area (Å²) in [6, 6.07) is 17.5. The molecule has 3 heterocycles. The SMILES string of the molecule is Cc1ccc(C(=O)Nc2ccc(N3CCN(Cc4cccc(C#N)c4)CC3)nc2)c(N(C)C)n1. The number of aromatic nitrogens is 2. The van der Waals surface area contributed by atoms with Crippen LogP contribution >= 0.6 is 0 Å². The van der Waals surface area contributed by atoms with Crippen LogP contribution in [0.4, 0.5) is 17.3 Å². The molecule has 4 rings (SSSR count). The predicted molar refractivity (Wildman–Crippen MR) is 134 cm³/mol. The Labute approximate surface area is 200 Å². The monoisotopic (exact) mass is 455 g/mol. The van der Waals surface area contributed by atoms with E-state index in [-0.39, 0.29) is 5.91 Å². The Hall–Kier alpha value is -3.96. The summed E-state index contributed by atoms with van der Waals surface area (Å²) < 4.78 is 0. The van der Waals surface area contributed by atoms with Gasteiger partial charge < -0.3 is 15.1 Å². The Balaban J connectivity index is 1.34. The first-order valence-electron chi connectivity index (χ1n) is 11.3. The van der Waals surface area contributed by atoms with Crippen molar-refractivity contribution in [2.45, 2.75) is 13.5 Å². The zero-order valence-corrected chi connectivity index (χ0v) is 19.8. The Bertz CT molecular complexity index is 1190. The maximum atomic E-state index is 12.8. The highest BCUT2D eigenvalue weighted by molar-refractivity contribution is 6.07. The molecule has 0 unspecified atom stereocenters. The molecule has 1 fully saturated rings. The summed E-state index contributed by atoms with van der Waals surface area (Å²) in [6.45, 7) is 6.33. The highest BCUT2D eigenvalue weighted by Gasteiger charge is 2.19. The first-order valence-corrected chi connectivity index (χ1v) is 11.3. The molecule has 1 amide bonds. The summed E-state index contributed by atoms with van der Waals surface area (Å²) >= 11 is 0. The first-order chi connectivity index (χ1) is 16.4. The molecule has 0 atom stereocenters. The van der Waals surface area contributed by atoms with Crippen molar-refractivity contribution in [3.8, 4) is 6.07 Å². The standard InChI is InChI=1S/C26H29N7O/c1-19-7-9-23(25(29-19)31(2)3)26(34)30-22-8-10-24(28-17-22)33-13-11-32(12-14-33)18-21-6-4-5-20(15-21)16-27/h4-10,15,17H,11-14,18H2,1-3H3,(H,30,34). The average Bonchev–Trinajstić information content (AvgIpc) is 2.85. The van der Waals surface area contributed by atoms with Crippen LogP contribution in [-0.4, -0.2) is 61.0 Å². The molecule has 1 saturated heterocycles. The summed E-state index contributed by atoms with van der Waals surface area (Å²) in [5.41, 5.74) is 3.89. The van der Waals surface area contributed by atoms with Crippen LogP contribution in [0.5, 0.6) is 0 Å². The fourth-order valence-corrected chi connectivity index (χ4v) is 4.04. The maximum absolute atomic E-state index is 12.8. The third-order valence-electron chi connectivity index (χ3n) is 5.85. The number of nitrogens with one attached hydrogen (secondary N) is 1. The van der Waals surface area contributed by atoms with E-state index in [1.807, 2.05) is 62.3 Å². The summed E-state index contributed by atoms with van der Waals surface area (Å²) in [6.07, 6.45) is 1.70. The minimum atomic E-state index is -0.208. The van der Waals surface area contributed by atoms with E-state index in [4.69, 9.17) is 5.26 Å². The van der Waals surface area contributed by atoms with Gasteiger partial charge in [-0.1, -0.05) is 12.1 Å². The van der Waals surface area contributed by atoms with Crippen LogP contribution in [0.25, 0.3) is 0 Å². The molecule has 0 radical (unpaired) electrons. The van der Waals surface area contributed by atoms with Crippen LogP contribution in [0.15, 0.2) is 54.7 Å². The lowest BCUT2D eigenvalue weighted by atomic mass is 10.1. The van der Waals surface area contributed by atoms with Gasteiger partial charge in [0.15, 0.2) is 0 Å². The van der Waals surface area contributed by atoms with Crippen molar-refractivity contribution in [3.05, 3.63) is 77.1 Å². The largest absolute Gasteiger partial charge is 0.362 e. The van der Waals surface area contributed by atoms with E-state index in [1.54, 1.807) is 12.3 Å². The Kier molecular flexibility index (Phi) is 7.04. The van der Waals surface area contributed by atoms with E-state index in [0.717, 1.165) is 49.8 Å². The van der Waals surface area contributed by atoms with Crippen molar-refractivity contribution < 1.29 is 4.79 Å². The van der Waals surface area contributed by atoms with E-state index in [0.29, 0.717) is 22.6 Å². The number of carbonyl (C=O) groups is 1. The molecule has 1 aromatic carbocycles. The minimum absolute atomic E-state index is 0.208. The number of hydrogen-bond donors (Lipinski definition) is 1. The Morgan fingerprint density at radius 2 is 1.91 bits per heavy atom. The first kappa shape index (κ1) is 23.2. The number of rotatable bonds is 6. The molecule has 1 aliphatic rings. The van der Waals surface area contributed by atoms with Gasteiger partial charge in [-0.2, -0.15) is 5.26 Å². The second-order valence-corrected chi connectivity index (χ2v) is 8.65. The topological polar surface area (TPSA) is 88.4 Å². The second-order valence-electron chi connectivity index (χ2n) is 8.65. The van der Waals surface area contributed by atoms with Gasteiger partial charge >= 0.3 is 0 Å². The number of nitriles is 1. The van der Waals surface area contributed by atoms with Crippen LogP contribution in [0.3, 0.4) is 0 Å². The molecule has 1 N–H and O–H groups in total. The van der Waals surface area contributed by atoms with E-state index >= 15 is 0 Å². The number of nitrogens with zero attached hydrogens (tertiary/aromatic N) is 6. The van der Waals surface area contributed by atoms with Crippen molar-refractivity contribution >= 4 is 23.2 Å². The normalized spacial score (nSPS) is 13.9. The molecule has 2 aromatic heterocycles. The third-order valence-corrected chi connectivity index (χ3v) is 5.85. The molecule has 0 bridgehead atoms. The summed E-state index contributed by atoms with van der Waals surface area (Å²) in [5.74, 6) is 1.33. The number of aryl methyl sites for hydroxylation is 1. The van der Waals surface area contributed by atoms with Gasteiger partial charge in [-0.05, 0) is 48.9 Å². The van der Waals surface area contributed by atoms with Crippen LogP contribution in [0.2, 0.25) is 0 Å². The molecule has 0 saturated carbocycles. The van der Waals surface area contributed by atoms with Gasteiger partial charge in [0.05, 0.1) is 29.1 Å². The molecule has 8 nitrogen and oxygen atoms in total. The summed E-state index contributed by atoms with van der Waals surface area (Å²) in [4.78, 5) is 28.4. The quantitative estimate of drug-likeness (QED) is 0.610. The van der Waals surface area contributed by atoms with Crippen LogP contribution in [0, 0.1) is 18.3 Å². The molecular formula is C26H29N7O. The number of amides is 1. The van der Waals surface area contributed by atoms with Crippen LogP contribution < -0.4 is 15.1 Å². The second kappa shape index (κ2) is 10.3. The number of hydrogen-bond acceptors (Lipinski definition) is 7. The summed E-state index contributed by atoms with van der Waals surface area (Å²) in [5, 5.41) is 12.0. The van der Waals surface area contributed by atoms with Crippen molar-refractivity contribution in [3.63, 3.8) is 0 Å². The number of benzene rings is 1. The molecule has 34 heavy (non-hydrogen) atoms. The van der Waals surface area contributed by atoms with Gasteiger partial charge in [-0.15, -0.1) is 0 Å². The smallest absolute Gasteiger partial charge is 0.259 e. The zero-order valence-electron chi connectivity index (χ0n) is 19.8. The van der Waals surface area contributed by atoms with Crippen molar-refractivity contribution in [1.29, 1.82) is 5.26 Å². The van der Waals surface area contributed by atoms with E-state index in [1.165, 1.54) is 0 Å². The van der Waals surface area contributed by atoms with Gasteiger partial charge in [0.25, 0.3) is 5.91 Å². The van der Waals surface area contributed by atoms with E-state index in [9.17, 15) is 4.79 Å². The molecule has 3 aromatic rings. The van der Waals surface area contributed by atoms with Gasteiger partial charge in [-0.3, -0.25) is 9.69 Å². The molecular weight excluding hydrogens is 426 g/mol.